The van der Waals surface area contributed by atoms with E-state index >= 15 is 0 Å². The van der Waals surface area contributed by atoms with Crippen molar-refractivity contribution in [1.82, 2.24) is 25.3 Å². The Balaban J connectivity index is 1.40. The van der Waals surface area contributed by atoms with Crippen LogP contribution in [0, 0.1) is 5.82 Å². The number of nitrogens with one attached hydrogen (secondary N) is 3. The predicted molar refractivity (Wildman–Crippen MR) is 124 cm³/mol. The molecule has 0 atom stereocenters. The van der Waals surface area contributed by atoms with Gasteiger partial charge in [0.15, 0.2) is 0 Å². The minimum atomic E-state index is -0.492. The first-order valence-electron chi connectivity index (χ1n) is 10.3. The number of rotatable bonds is 6. The van der Waals surface area contributed by atoms with Gasteiger partial charge < -0.3 is 21.0 Å². The Morgan fingerprint density at radius 1 is 1.00 bits per heavy atom. The number of hydrogen-bond acceptors (Lipinski definition) is 5. The molecule has 5 rings (SSSR count). The number of nitrogen functional groups attached to an aromatic ring is 1. The van der Waals surface area contributed by atoms with Gasteiger partial charge in [0.1, 0.15) is 17.2 Å². The van der Waals surface area contributed by atoms with E-state index in [4.69, 9.17) is 5.73 Å². The van der Waals surface area contributed by atoms with Gasteiger partial charge in [-0.15, -0.1) is 0 Å². The van der Waals surface area contributed by atoms with Gasteiger partial charge in [0.05, 0.1) is 27.6 Å². The molecule has 3 aromatic heterocycles. The normalized spacial score (nSPS) is 11.4. The number of fused-ring (bicyclic) bond motifs is 2. The molecule has 0 saturated carbocycles. The van der Waals surface area contributed by atoms with Gasteiger partial charge in [0.2, 0.25) is 0 Å². The summed E-state index contributed by atoms with van der Waals surface area (Å²) in [4.78, 5) is 27.1. The van der Waals surface area contributed by atoms with Crippen molar-refractivity contribution < 1.29 is 4.39 Å². The third kappa shape index (κ3) is 3.72. The van der Waals surface area contributed by atoms with E-state index in [1.807, 2.05) is 30.3 Å². The number of H-pyrrole nitrogens is 2. The van der Waals surface area contributed by atoms with Crippen molar-refractivity contribution in [2.75, 3.05) is 12.3 Å². The standard InChI is InChI=1S/C24H21FN6O/c25-16-2-1-3-18-20(16)22(26)21(24(32)31-18)23-29-17-5-4-15(12-19(17)30-23)13-28-11-8-14-6-9-27-10-7-14/h1-7,9-10,12,28H,8,11,13H2,(H,29,30)(H3,26,31,32). The van der Waals surface area contributed by atoms with E-state index in [9.17, 15) is 9.18 Å². The summed E-state index contributed by atoms with van der Waals surface area (Å²) >= 11 is 0. The van der Waals surface area contributed by atoms with E-state index in [1.165, 1.54) is 17.7 Å². The van der Waals surface area contributed by atoms with Gasteiger partial charge in [-0.25, -0.2) is 9.37 Å². The van der Waals surface area contributed by atoms with Gasteiger partial charge in [-0.1, -0.05) is 12.1 Å². The Labute approximate surface area is 182 Å². The molecular formula is C24H21FN6O. The third-order valence-electron chi connectivity index (χ3n) is 5.48. The topological polar surface area (TPSA) is 112 Å². The molecule has 32 heavy (non-hydrogen) atoms. The number of hydrogen-bond donors (Lipinski definition) is 4. The fraction of sp³-hybridized carbons (Fsp3) is 0.125. The van der Waals surface area contributed by atoms with E-state index in [0.717, 1.165) is 24.0 Å². The van der Waals surface area contributed by atoms with E-state index < -0.39 is 11.4 Å². The summed E-state index contributed by atoms with van der Waals surface area (Å²) in [6.45, 7) is 1.53. The molecule has 0 bridgehead atoms. The molecule has 0 radical (unpaired) electrons. The number of halogens is 1. The van der Waals surface area contributed by atoms with Gasteiger partial charge in [0.25, 0.3) is 5.56 Å². The third-order valence-corrected chi connectivity index (χ3v) is 5.48. The molecule has 7 nitrogen and oxygen atoms in total. The Bertz CT molecular complexity index is 1480. The van der Waals surface area contributed by atoms with Crippen LogP contribution in [0.2, 0.25) is 0 Å². The van der Waals surface area contributed by atoms with Crippen molar-refractivity contribution in [2.45, 2.75) is 13.0 Å². The molecule has 8 heteroatoms. The summed E-state index contributed by atoms with van der Waals surface area (Å²) in [5, 5.41) is 3.61. The van der Waals surface area contributed by atoms with Crippen LogP contribution in [0.3, 0.4) is 0 Å². The number of aromatic amines is 2. The number of pyridine rings is 2. The zero-order valence-electron chi connectivity index (χ0n) is 17.2. The number of imidazole rings is 1. The van der Waals surface area contributed by atoms with Gasteiger partial charge in [0, 0.05) is 18.9 Å². The van der Waals surface area contributed by atoms with Crippen molar-refractivity contribution in [3.8, 4) is 11.4 Å². The van der Waals surface area contributed by atoms with Crippen molar-refractivity contribution in [3.05, 3.63) is 88.2 Å². The summed E-state index contributed by atoms with van der Waals surface area (Å²) in [5.41, 5.74) is 10.1. The summed E-state index contributed by atoms with van der Waals surface area (Å²) < 4.78 is 14.3. The minimum Gasteiger partial charge on any atom is -0.397 e. The summed E-state index contributed by atoms with van der Waals surface area (Å²) in [6, 6.07) is 14.3. The number of nitrogens with zero attached hydrogens (tertiary/aromatic N) is 2. The van der Waals surface area contributed by atoms with Crippen molar-refractivity contribution in [2.24, 2.45) is 0 Å². The lowest BCUT2D eigenvalue weighted by Crippen LogP contribution is -2.16. The van der Waals surface area contributed by atoms with Crippen LogP contribution in [0.1, 0.15) is 11.1 Å². The average Bonchev–Trinajstić information content (AvgIpc) is 3.20. The monoisotopic (exact) mass is 428 g/mol. The number of benzene rings is 2. The molecule has 0 spiro atoms. The first kappa shape index (κ1) is 19.9. The van der Waals surface area contributed by atoms with Crippen molar-refractivity contribution in [3.63, 3.8) is 0 Å². The Hall–Kier alpha value is -4.04. The molecule has 3 heterocycles. The van der Waals surface area contributed by atoms with Gasteiger partial charge in [-0.2, -0.15) is 0 Å². The first-order chi connectivity index (χ1) is 15.6. The molecule has 0 fully saturated rings. The molecular weight excluding hydrogens is 407 g/mol. The SMILES string of the molecule is Nc1c(-c2nc3ccc(CNCCc4ccncc4)cc3[nH]2)c(=O)[nH]c2cccc(F)c12. The summed E-state index contributed by atoms with van der Waals surface area (Å²) in [6.07, 6.45) is 4.50. The smallest absolute Gasteiger partial charge is 0.261 e. The zero-order chi connectivity index (χ0) is 22.1. The van der Waals surface area contributed by atoms with Crippen LogP contribution in [-0.2, 0) is 13.0 Å². The molecule has 0 aliphatic carbocycles. The molecule has 160 valence electrons. The second-order valence-corrected chi connectivity index (χ2v) is 7.62. The van der Waals surface area contributed by atoms with Crippen molar-refractivity contribution >= 4 is 27.6 Å². The van der Waals surface area contributed by atoms with Gasteiger partial charge >= 0.3 is 0 Å². The van der Waals surface area contributed by atoms with E-state index in [1.54, 1.807) is 18.5 Å². The zero-order valence-corrected chi connectivity index (χ0v) is 17.2. The average molecular weight is 428 g/mol. The molecule has 0 unspecified atom stereocenters. The van der Waals surface area contributed by atoms with Crippen LogP contribution in [0.25, 0.3) is 33.3 Å². The predicted octanol–water partition coefficient (Wildman–Crippen LogP) is 3.52. The number of nitrogens with two attached hydrogens (primary N) is 1. The Kier molecular flexibility index (Phi) is 5.12. The molecule has 5 N–H and O–H groups in total. The van der Waals surface area contributed by atoms with Crippen LogP contribution in [0.5, 0.6) is 0 Å². The minimum absolute atomic E-state index is 0.0684. The molecule has 5 aromatic rings. The lowest BCUT2D eigenvalue weighted by molar-refractivity contribution is 0.640. The highest BCUT2D eigenvalue weighted by molar-refractivity contribution is 5.98. The van der Waals surface area contributed by atoms with E-state index in [0.29, 0.717) is 23.4 Å². The second kappa shape index (κ2) is 8.24. The highest BCUT2D eigenvalue weighted by atomic mass is 19.1. The maximum atomic E-state index is 14.3. The first-order valence-corrected chi connectivity index (χ1v) is 10.3. The van der Waals surface area contributed by atoms with Crippen LogP contribution >= 0.6 is 0 Å². The van der Waals surface area contributed by atoms with Gasteiger partial charge in [-0.3, -0.25) is 9.78 Å². The fourth-order valence-electron chi connectivity index (χ4n) is 3.87. The van der Waals surface area contributed by atoms with Gasteiger partial charge in [-0.05, 0) is 60.5 Å². The largest absolute Gasteiger partial charge is 0.397 e. The molecule has 0 saturated heterocycles. The van der Waals surface area contributed by atoms with E-state index in [2.05, 4.69) is 25.3 Å². The lowest BCUT2D eigenvalue weighted by Gasteiger charge is -2.07. The quantitative estimate of drug-likeness (QED) is 0.309. The van der Waals surface area contributed by atoms with Crippen LogP contribution < -0.4 is 16.6 Å². The molecule has 0 aliphatic rings. The Morgan fingerprint density at radius 2 is 1.84 bits per heavy atom. The van der Waals surface area contributed by atoms with Crippen molar-refractivity contribution in [1.29, 1.82) is 0 Å². The molecule has 2 aromatic carbocycles. The summed E-state index contributed by atoms with van der Waals surface area (Å²) in [7, 11) is 0. The second-order valence-electron chi connectivity index (χ2n) is 7.62. The number of aromatic nitrogens is 4. The highest BCUT2D eigenvalue weighted by Crippen LogP contribution is 2.29. The van der Waals surface area contributed by atoms with Crippen LogP contribution in [0.15, 0.2) is 65.7 Å². The summed E-state index contributed by atoms with van der Waals surface area (Å²) in [5.74, 6) is -0.180. The van der Waals surface area contributed by atoms with E-state index in [-0.39, 0.29) is 16.6 Å². The lowest BCUT2D eigenvalue weighted by atomic mass is 10.1. The maximum Gasteiger partial charge on any atom is 0.261 e. The van der Waals surface area contributed by atoms with Crippen LogP contribution in [0.4, 0.5) is 10.1 Å². The number of anilines is 1. The fourth-order valence-corrected chi connectivity index (χ4v) is 3.87. The molecule has 0 amide bonds. The van der Waals surface area contributed by atoms with Crippen LogP contribution in [-0.4, -0.2) is 26.5 Å². The maximum absolute atomic E-state index is 14.3. The molecule has 0 aliphatic heterocycles. The Morgan fingerprint density at radius 3 is 2.69 bits per heavy atom. The highest BCUT2D eigenvalue weighted by Gasteiger charge is 2.18.